The van der Waals surface area contributed by atoms with Gasteiger partial charge in [-0.2, -0.15) is 26.3 Å². The summed E-state index contributed by atoms with van der Waals surface area (Å²) in [4.78, 5) is 27.8. The maximum Gasteiger partial charge on any atom is 0.416 e. The van der Waals surface area contributed by atoms with Crippen molar-refractivity contribution >= 4 is 23.3 Å². The molecule has 1 aromatic carbocycles. The van der Waals surface area contributed by atoms with Crippen LogP contribution in [0.5, 0.6) is 0 Å². The van der Waals surface area contributed by atoms with Crippen LogP contribution in [0, 0.1) is 0 Å². The van der Waals surface area contributed by atoms with Gasteiger partial charge in [-0.3, -0.25) is 14.8 Å². The van der Waals surface area contributed by atoms with E-state index in [-0.39, 0.29) is 31.2 Å². The van der Waals surface area contributed by atoms with E-state index in [4.69, 9.17) is 11.6 Å². The third-order valence-corrected chi connectivity index (χ3v) is 5.88. The predicted octanol–water partition coefficient (Wildman–Crippen LogP) is 5.48. The summed E-state index contributed by atoms with van der Waals surface area (Å²) >= 11 is 6.32. The number of rotatable bonds is 4. The minimum Gasteiger partial charge on any atom is -0.352 e. The Hall–Kier alpha value is -3.41. The van der Waals surface area contributed by atoms with Crippen molar-refractivity contribution in [2.45, 2.75) is 18.8 Å². The lowest BCUT2D eigenvalue weighted by atomic mass is 10.0. The van der Waals surface area contributed by atoms with E-state index in [0.717, 1.165) is 17.0 Å². The Morgan fingerprint density at radius 3 is 2.17 bits per heavy atom. The zero-order valence-corrected chi connectivity index (χ0v) is 19.2. The normalized spacial score (nSPS) is 14.8. The Bertz CT molecular complexity index is 1240. The first kappa shape index (κ1) is 25.7. The molecule has 1 aliphatic rings. The van der Waals surface area contributed by atoms with Gasteiger partial charge in [0.15, 0.2) is 0 Å². The first-order chi connectivity index (χ1) is 16.9. The number of hydrogen-bond acceptors (Lipinski definition) is 5. The number of benzene rings is 1. The molecule has 3 aromatic rings. The van der Waals surface area contributed by atoms with Crippen molar-refractivity contribution in [2.24, 2.45) is 0 Å². The van der Waals surface area contributed by atoms with Gasteiger partial charge in [0, 0.05) is 49.7 Å². The highest BCUT2D eigenvalue weighted by atomic mass is 35.5. The highest BCUT2D eigenvalue weighted by Gasteiger charge is 2.35. The predicted molar refractivity (Wildman–Crippen MR) is 120 cm³/mol. The third-order valence-electron chi connectivity index (χ3n) is 5.58. The molecule has 0 N–H and O–H groups in total. The van der Waals surface area contributed by atoms with Crippen LogP contribution in [0.2, 0.25) is 5.02 Å². The molecule has 190 valence electrons. The van der Waals surface area contributed by atoms with Crippen molar-refractivity contribution in [2.75, 3.05) is 31.1 Å². The fourth-order valence-corrected chi connectivity index (χ4v) is 3.99. The molecule has 0 spiro atoms. The Labute approximate surface area is 206 Å². The molecular weight excluding hydrogens is 512 g/mol. The van der Waals surface area contributed by atoms with E-state index in [0.29, 0.717) is 28.3 Å². The van der Waals surface area contributed by atoms with E-state index in [1.165, 1.54) is 30.7 Å². The molecular formula is C23H18ClF6N5O. The first-order valence-electron chi connectivity index (χ1n) is 10.7. The molecule has 3 heterocycles. The second kappa shape index (κ2) is 9.92. The van der Waals surface area contributed by atoms with Crippen molar-refractivity contribution < 1.29 is 31.1 Å². The summed E-state index contributed by atoms with van der Waals surface area (Å²) in [5.74, 6) is -0.605. The Kier molecular flexibility index (Phi) is 7.07. The molecule has 36 heavy (non-hydrogen) atoms. The summed E-state index contributed by atoms with van der Waals surface area (Å²) in [6.07, 6.45) is -6.27. The Balaban J connectivity index is 1.63. The molecule has 1 saturated heterocycles. The summed E-state index contributed by atoms with van der Waals surface area (Å²) in [5, 5.41) is 0.250. The summed E-state index contributed by atoms with van der Waals surface area (Å²) < 4.78 is 76.7. The monoisotopic (exact) mass is 529 g/mol. The van der Waals surface area contributed by atoms with Gasteiger partial charge in [0.25, 0.3) is 0 Å². The number of alkyl halides is 6. The van der Waals surface area contributed by atoms with Gasteiger partial charge < -0.3 is 9.80 Å². The zero-order chi connectivity index (χ0) is 26.1. The van der Waals surface area contributed by atoms with Gasteiger partial charge in [-0.05, 0) is 18.2 Å². The van der Waals surface area contributed by atoms with Crippen molar-refractivity contribution in [3.63, 3.8) is 0 Å². The maximum atomic E-state index is 13.0. The van der Waals surface area contributed by atoms with Crippen LogP contribution in [-0.2, 0) is 11.0 Å². The number of amides is 1. The zero-order valence-electron chi connectivity index (χ0n) is 18.4. The fraction of sp³-hybridized carbons (Fsp3) is 0.304. The molecule has 0 radical (unpaired) electrons. The van der Waals surface area contributed by atoms with Gasteiger partial charge in [0.1, 0.15) is 17.9 Å². The van der Waals surface area contributed by atoms with Gasteiger partial charge in [-0.15, -0.1) is 0 Å². The number of carbonyl (C=O) groups excluding carboxylic acids is 1. The molecule has 1 amide bonds. The number of aromatic nitrogens is 3. The van der Waals surface area contributed by atoms with Crippen LogP contribution in [0.3, 0.4) is 0 Å². The Morgan fingerprint density at radius 2 is 1.58 bits per heavy atom. The quantitative estimate of drug-likeness (QED) is 0.419. The van der Waals surface area contributed by atoms with Crippen LogP contribution in [0.1, 0.15) is 12.0 Å². The largest absolute Gasteiger partial charge is 0.416 e. The van der Waals surface area contributed by atoms with Crippen LogP contribution in [0.15, 0.2) is 48.9 Å². The van der Waals surface area contributed by atoms with E-state index >= 15 is 0 Å². The topological polar surface area (TPSA) is 62.2 Å². The lowest BCUT2D eigenvalue weighted by Crippen LogP contribution is -2.49. The van der Waals surface area contributed by atoms with E-state index in [1.807, 2.05) is 0 Å². The van der Waals surface area contributed by atoms with Crippen LogP contribution < -0.4 is 4.90 Å². The number of hydrogen-bond donors (Lipinski definition) is 0. The summed E-state index contributed by atoms with van der Waals surface area (Å²) in [5.41, 5.74) is 0.620. The molecule has 1 fully saturated rings. The lowest BCUT2D eigenvalue weighted by Gasteiger charge is -2.35. The van der Waals surface area contributed by atoms with Gasteiger partial charge in [-0.25, -0.2) is 4.98 Å². The van der Waals surface area contributed by atoms with Gasteiger partial charge in [-0.1, -0.05) is 23.7 Å². The van der Waals surface area contributed by atoms with Crippen LogP contribution in [-0.4, -0.2) is 58.1 Å². The molecule has 0 bridgehead atoms. The molecule has 4 rings (SSSR count). The Morgan fingerprint density at radius 1 is 0.917 bits per heavy atom. The number of piperazine rings is 1. The third kappa shape index (κ3) is 5.86. The highest BCUT2D eigenvalue weighted by molar-refractivity contribution is 6.33. The number of anilines is 1. The van der Waals surface area contributed by atoms with E-state index < -0.39 is 30.2 Å². The van der Waals surface area contributed by atoms with E-state index in [2.05, 4.69) is 15.0 Å². The second-order valence-corrected chi connectivity index (χ2v) is 8.42. The summed E-state index contributed by atoms with van der Waals surface area (Å²) in [7, 11) is 0. The highest BCUT2D eigenvalue weighted by Crippen LogP contribution is 2.36. The fourth-order valence-electron chi connectivity index (χ4n) is 3.78. The van der Waals surface area contributed by atoms with Crippen molar-refractivity contribution in [1.29, 1.82) is 0 Å². The van der Waals surface area contributed by atoms with Gasteiger partial charge in [0.05, 0.1) is 22.5 Å². The summed E-state index contributed by atoms with van der Waals surface area (Å²) in [6.45, 7) is 0.591. The maximum absolute atomic E-state index is 13.0. The van der Waals surface area contributed by atoms with Gasteiger partial charge in [0.2, 0.25) is 5.91 Å². The van der Waals surface area contributed by atoms with Crippen molar-refractivity contribution in [3.05, 3.63) is 59.5 Å². The van der Waals surface area contributed by atoms with Crippen molar-refractivity contribution in [1.82, 2.24) is 19.9 Å². The number of pyridine rings is 1. The minimum atomic E-state index is -4.58. The average Bonchev–Trinajstić information content (AvgIpc) is 2.83. The molecule has 13 heteroatoms. The molecule has 1 aliphatic heterocycles. The lowest BCUT2D eigenvalue weighted by molar-refractivity contribution is -0.161. The summed E-state index contributed by atoms with van der Waals surface area (Å²) in [6, 6.07) is 6.06. The van der Waals surface area contributed by atoms with Crippen LogP contribution in [0.4, 0.5) is 32.2 Å². The van der Waals surface area contributed by atoms with Gasteiger partial charge >= 0.3 is 12.4 Å². The average molecular weight is 530 g/mol. The van der Waals surface area contributed by atoms with Crippen molar-refractivity contribution in [3.8, 4) is 22.5 Å². The molecule has 0 aliphatic carbocycles. The van der Waals surface area contributed by atoms with Crippen LogP contribution >= 0.6 is 11.6 Å². The molecule has 2 aromatic heterocycles. The molecule has 0 atom stereocenters. The van der Waals surface area contributed by atoms with Crippen LogP contribution in [0.25, 0.3) is 22.5 Å². The SMILES string of the molecule is O=C(CC(F)(F)F)N1CCN(c2cnc(-c3ccc(C(F)(F)F)cc3)c(-c3ccncc3Cl)n2)CC1. The number of carbonyl (C=O) groups is 1. The second-order valence-electron chi connectivity index (χ2n) is 8.02. The molecule has 0 unspecified atom stereocenters. The first-order valence-corrected chi connectivity index (χ1v) is 11.0. The smallest absolute Gasteiger partial charge is 0.352 e. The van der Waals surface area contributed by atoms with E-state index in [9.17, 15) is 31.1 Å². The molecule has 0 saturated carbocycles. The minimum absolute atomic E-state index is 0.0720. The standard InChI is InChI=1S/C23H18ClF6N5O/c24-17-12-31-6-5-16(17)21-20(14-1-3-15(4-2-14)23(28,29)30)32-13-18(33-21)34-7-9-35(10-8-34)19(36)11-22(25,26)27/h1-6,12-13H,7-11H2. The number of nitrogens with zero attached hydrogens (tertiary/aromatic N) is 5. The number of halogens is 7. The molecule has 6 nitrogen and oxygen atoms in total. The van der Waals surface area contributed by atoms with E-state index in [1.54, 1.807) is 11.0 Å².